The summed E-state index contributed by atoms with van der Waals surface area (Å²) in [7, 11) is 0. The summed E-state index contributed by atoms with van der Waals surface area (Å²) in [5.74, 6) is -0.976. The second-order valence-electron chi connectivity index (χ2n) is 7.74. The minimum atomic E-state index is -4.57. The van der Waals surface area contributed by atoms with Gasteiger partial charge in [0.15, 0.2) is 0 Å². The van der Waals surface area contributed by atoms with Crippen LogP contribution in [-0.4, -0.2) is 11.1 Å². The number of alkyl halides is 3. The van der Waals surface area contributed by atoms with Gasteiger partial charge in [-0.25, -0.2) is 4.79 Å². The van der Waals surface area contributed by atoms with Crippen LogP contribution in [-0.2, 0) is 12.8 Å². The molecule has 0 bridgehead atoms. The molecule has 0 atom stereocenters. The summed E-state index contributed by atoms with van der Waals surface area (Å²) in [6, 6.07) is 25.2. The molecular formula is C28H18F3NO3. The Hall–Kier alpha value is -4.57. The van der Waals surface area contributed by atoms with Gasteiger partial charge in [-0.15, -0.1) is 0 Å². The maximum atomic E-state index is 13.6. The lowest BCUT2D eigenvalue weighted by molar-refractivity contribution is -0.137. The third kappa shape index (κ3) is 5.33. The maximum absolute atomic E-state index is 13.6. The van der Waals surface area contributed by atoms with Crippen molar-refractivity contribution < 1.29 is 27.8 Å². The average Bonchev–Trinajstić information content (AvgIpc) is 2.87. The Morgan fingerprint density at radius 3 is 2.20 bits per heavy atom. The molecule has 1 N–H and O–H groups in total. The van der Waals surface area contributed by atoms with Crippen LogP contribution in [0.1, 0.15) is 27.0 Å². The topological polar surface area (TPSA) is 70.3 Å². The van der Waals surface area contributed by atoms with Crippen LogP contribution >= 0.6 is 0 Å². The number of nitriles is 1. The summed E-state index contributed by atoms with van der Waals surface area (Å²) in [5, 5.41) is 18.8. The number of halogens is 3. The third-order valence-corrected chi connectivity index (χ3v) is 5.38. The summed E-state index contributed by atoms with van der Waals surface area (Å²) >= 11 is 0. The smallest absolute Gasteiger partial charge is 0.416 e. The normalized spacial score (nSPS) is 11.0. The minimum Gasteiger partial charge on any atom is -0.488 e. The average molecular weight is 473 g/mol. The molecule has 7 heteroatoms. The fraction of sp³-hybridized carbons (Fsp3) is 0.0714. The Morgan fingerprint density at radius 1 is 0.857 bits per heavy atom. The van der Waals surface area contributed by atoms with E-state index in [1.165, 1.54) is 24.3 Å². The first-order chi connectivity index (χ1) is 16.8. The second kappa shape index (κ2) is 9.74. The van der Waals surface area contributed by atoms with Crippen molar-refractivity contribution in [2.45, 2.75) is 12.8 Å². The highest BCUT2D eigenvalue weighted by atomic mass is 19.4. The molecule has 0 spiro atoms. The number of carboxylic acids is 1. The lowest BCUT2D eigenvalue weighted by Crippen LogP contribution is -2.06. The van der Waals surface area contributed by atoms with Crippen LogP contribution in [0.3, 0.4) is 0 Å². The molecule has 0 aromatic heterocycles. The van der Waals surface area contributed by atoms with Gasteiger partial charge in [0.2, 0.25) is 0 Å². The fourth-order valence-electron chi connectivity index (χ4n) is 3.72. The molecular weight excluding hydrogens is 455 g/mol. The Labute approximate surface area is 199 Å². The number of hydrogen-bond acceptors (Lipinski definition) is 3. The lowest BCUT2D eigenvalue weighted by atomic mass is 9.91. The van der Waals surface area contributed by atoms with E-state index >= 15 is 0 Å². The molecule has 0 fully saturated rings. The summed E-state index contributed by atoms with van der Waals surface area (Å²) in [4.78, 5) is 11.6. The SMILES string of the molecule is N#Cc1cc(C(=O)O)cc(-c2ccccc2-c2cc(C(F)(F)F)ccc2OCc2ccccc2)c1. The van der Waals surface area contributed by atoms with Gasteiger partial charge in [-0.05, 0) is 58.7 Å². The Balaban J connectivity index is 1.88. The van der Waals surface area contributed by atoms with Gasteiger partial charge in [0.05, 0.1) is 22.8 Å². The molecule has 0 amide bonds. The van der Waals surface area contributed by atoms with E-state index in [9.17, 15) is 28.3 Å². The van der Waals surface area contributed by atoms with E-state index in [-0.39, 0.29) is 29.0 Å². The quantitative estimate of drug-likeness (QED) is 0.322. The van der Waals surface area contributed by atoms with Crippen molar-refractivity contribution in [2.75, 3.05) is 0 Å². The first-order valence-corrected chi connectivity index (χ1v) is 10.5. The van der Waals surface area contributed by atoms with Crippen LogP contribution in [0, 0.1) is 11.3 Å². The van der Waals surface area contributed by atoms with Crippen LogP contribution in [0.4, 0.5) is 13.2 Å². The molecule has 4 aromatic rings. The summed E-state index contributed by atoms with van der Waals surface area (Å²) in [5.41, 5.74) is 1.50. The van der Waals surface area contributed by atoms with Crippen molar-refractivity contribution in [3.05, 3.63) is 113 Å². The number of ether oxygens (including phenoxy) is 1. The highest BCUT2D eigenvalue weighted by molar-refractivity contribution is 5.93. The first kappa shape index (κ1) is 23.6. The molecule has 4 nitrogen and oxygen atoms in total. The Morgan fingerprint density at radius 2 is 1.54 bits per heavy atom. The molecule has 35 heavy (non-hydrogen) atoms. The molecule has 0 saturated heterocycles. The molecule has 0 saturated carbocycles. The zero-order chi connectivity index (χ0) is 25.0. The third-order valence-electron chi connectivity index (χ3n) is 5.38. The van der Waals surface area contributed by atoms with Crippen molar-refractivity contribution in [1.82, 2.24) is 0 Å². The molecule has 4 rings (SSSR count). The number of rotatable bonds is 6. The Kier molecular flexibility index (Phi) is 6.56. The van der Waals surface area contributed by atoms with Gasteiger partial charge in [0, 0.05) is 5.56 Å². The molecule has 0 unspecified atom stereocenters. The molecule has 0 heterocycles. The van der Waals surface area contributed by atoms with Crippen LogP contribution < -0.4 is 4.74 Å². The number of benzene rings is 4. The molecule has 174 valence electrons. The number of carboxylic acid groups (broad SMARTS) is 1. The van der Waals surface area contributed by atoms with E-state index in [1.807, 2.05) is 36.4 Å². The largest absolute Gasteiger partial charge is 0.488 e. The van der Waals surface area contributed by atoms with Crippen LogP contribution in [0.25, 0.3) is 22.3 Å². The molecule has 0 radical (unpaired) electrons. The number of aromatic carboxylic acids is 1. The molecule has 0 aliphatic heterocycles. The predicted octanol–water partition coefficient (Wildman–Crippen LogP) is 7.19. The van der Waals surface area contributed by atoms with E-state index in [1.54, 1.807) is 24.3 Å². The van der Waals surface area contributed by atoms with Gasteiger partial charge in [-0.3, -0.25) is 0 Å². The fourth-order valence-corrected chi connectivity index (χ4v) is 3.72. The zero-order valence-electron chi connectivity index (χ0n) is 18.2. The van der Waals surface area contributed by atoms with Gasteiger partial charge < -0.3 is 9.84 Å². The predicted molar refractivity (Wildman–Crippen MR) is 125 cm³/mol. The maximum Gasteiger partial charge on any atom is 0.416 e. The first-order valence-electron chi connectivity index (χ1n) is 10.5. The molecule has 0 aliphatic rings. The van der Waals surface area contributed by atoms with Crippen LogP contribution in [0.15, 0.2) is 91.0 Å². The molecule has 0 aliphatic carbocycles. The van der Waals surface area contributed by atoms with Crippen LogP contribution in [0.2, 0.25) is 0 Å². The summed E-state index contributed by atoms with van der Waals surface area (Å²) < 4.78 is 46.7. The molecule has 4 aromatic carbocycles. The van der Waals surface area contributed by atoms with E-state index < -0.39 is 17.7 Å². The lowest BCUT2D eigenvalue weighted by Gasteiger charge is -2.18. The highest BCUT2D eigenvalue weighted by Crippen LogP contribution is 2.41. The van der Waals surface area contributed by atoms with Crippen molar-refractivity contribution in [3.8, 4) is 34.1 Å². The van der Waals surface area contributed by atoms with Gasteiger partial charge in [0.1, 0.15) is 12.4 Å². The Bertz CT molecular complexity index is 1420. The van der Waals surface area contributed by atoms with Crippen molar-refractivity contribution >= 4 is 5.97 Å². The van der Waals surface area contributed by atoms with Crippen molar-refractivity contribution in [1.29, 1.82) is 5.26 Å². The number of carbonyl (C=O) groups is 1. The highest BCUT2D eigenvalue weighted by Gasteiger charge is 2.31. The summed E-state index contributed by atoms with van der Waals surface area (Å²) in [6.07, 6.45) is -4.57. The van der Waals surface area contributed by atoms with Crippen LogP contribution in [0.5, 0.6) is 5.75 Å². The van der Waals surface area contributed by atoms with E-state index in [4.69, 9.17) is 4.74 Å². The van der Waals surface area contributed by atoms with Gasteiger partial charge in [-0.2, -0.15) is 18.4 Å². The van der Waals surface area contributed by atoms with Gasteiger partial charge >= 0.3 is 12.1 Å². The monoisotopic (exact) mass is 473 g/mol. The van der Waals surface area contributed by atoms with Gasteiger partial charge in [-0.1, -0.05) is 54.6 Å². The minimum absolute atomic E-state index is 0.0987. The summed E-state index contributed by atoms with van der Waals surface area (Å²) in [6.45, 7) is 0.147. The van der Waals surface area contributed by atoms with Crippen molar-refractivity contribution in [3.63, 3.8) is 0 Å². The number of hydrogen-bond donors (Lipinski definition) is 1. The van der Waals surface area contributed by atoms with Gasteiger partial charge in [0.25, 0.3) is 0 Å². The standard InChI is InChI=1S/C28H18F3NO3/c29-28(30,31)22-10-11-26(35-17-18-6-2-1-3-7-18)25(15-22)24-9-5-4-8-23(24)20-12-19(16-32)13-21(14-20)27(33)34/h1-15H,17H2,(H,33,34). The zero-order valence-corrected chi connectivity index (χ0v) is 18.2. The van der Waals surface area contributed by atoms with E-state index in [0.717, 1.165) is 17.7 Å². The van der Waals surface area contributed by atoms with Crippen molar-refractivity contribution in [2.24, 2.45) is 0 Å². The second-order valence-corrected chi connectivity index (χ2v) is 7.74. The van der Waals surface area contributed by atoms with E-state index in [0.29, 0.717) is 16.7 Å². The van der Waals surface area contributed by atoms with E-state index in [2.05, 4.69) is 0 Å². The number of nitrogens with zero attached hydrogens (tertiary/aromatic N) is 1.